The van der Waals surface area contributed by atoms with E-state index in [2.05, 4.69) is 5.32 Å². The van der Waals surface area contributed by atoms with Crippen LogP contribution in [0.15, 0.2) is 54.6 Å². The van der Waals surface area contributed by atoms with Crippen LogP contribution in [0.25, 0.3) is 0 Å². The predicted molar refractivity (Wildman–Crippen MR) is 120 cm³/mol. The van der Waals surface area contributed by atoms with Crippen molar-refractivity contribution in [3.05, 3.63) is 65.7 Å². The number of carbonyl (C=O) groups is 1. The number of benzene rings is 2. The van der Waals surface area contributed by atoms with E-state index < -0.39 is 18.8 Å². The fraction of sp³-hybridized carbons (Fsp3) is 0.458. The maximum absolute atomic E-state index is 12.5. The summed E-state index contributed by atoms with van der Waals surface area (Å²) < 4.78 is 17.8. The van der Waals surface area contributed by atoms with Crippen molar-refractivity contribution in [2.75, 3.05) is 0 Å². The van der Waals surface area contributed by atoms with Gasteiger partial charge in [0.25, 0.3) is 0 Å². The van der Waals surface area contributed by atoms with E-state index in [-0.39, 0.29) is 17.2 Å². The van der Waals surface area contributed by atoms with Crippen LogP contribution in [0.2, 0.25) is 0 Å². The van der Waals surface area contributed by atoms with E-state index in [1.807, 2.05) is 103 Å². The van der Waals surface area contributed by atoms with E-state index in [1.54, 1.807) is 0 Å². The number of carbonyl (C=O) groups excluding carboxylic acids is 1. The van der Waals surface area contributed by atoms with Gasteiger partial charge in [-0.25, -0.2) is 4.79 Å². The minimum atomic E-state index is -0.564. The SMILES string of the molecule is CC(C)(C)OC(=O)NC(c1ccccc1)c1ccc(B2OC(C)(C)C(C)(C)O2)cc1. The summed E-state index contributed by atoms with van der Waals surface area (Å²) in [4.78, 5) is 12.5. The first-order valence-corrected chi connectivity index (χ1v) is 10.4. The van der Waals surface area contributed by atoms with E-state index >= 15 is 0 Å². The van der Waals surface area contributed by atoms with Crippen LogP contribution in [-0.2, 0) is 14.0 Å². The third-order valence-corrected chi connectivity index (χ3v) is 5.59. The van der Waals surface area contributed by atoms with Gasteiger partial charge in [0.1, 0.15) is 5.60 Å². The van der Waals surface area contributed by atoms with Gasteiger partial charge in [-0.2, -0.15) is 0 Å². The van der Waals surface area contributed by atoms with Crippen LogP contribution in [-0.4, -0.2) is 30.0 Å². The molecule has 0 radical (unpaired) electrons. The molecule has 30 heavy (non-hydrogen) atoms. The molecule has 6 heteroatoms. The highest BCUT2D eigenvalue weighted by Gasteiger charge is 2.51. The second-order valence-corrected chi connectivity index (χ2v) is 9.74. The van der Waals surface area contributed by atoms with Gasteiger partial charge >= 0.3 is 13.2 Å². The van der Waals surface area contributed by atoms with Crippen LogP contribution in [0.4, 0.5) is 4.79 Å². The van der Waals surface area contributed by atoms with Crippen molar-refractivity contribution in [1.82, 2.24) is 5.32 Å². The standard InChI is InChI=1S/C24H32BNO4/c1-22(2,3)28-21(27)26-20(17-11-9-8-10-12-17)18-13-15-19(16-14-18)25-29-23(4,5)24(6,7)30-25/h8-16,20H,1-7H3,(H,26,27). The van der Waals surface area contributed by atoms with Gasteiger partial charge in [-0.1, -0.05) is 54.6 Å². The van der Waals surface area contributed by atoms with Crippen molar-refractivity contribution >= 4 is 18.7 Å². The molecule has 2 aromatic carbocycles. The second-order valence-electron chi connectivity index (χ2n) is 9.74. The molecule has 1 heterocycles. The largest absolute Gasteiger partial charge is 0.494 e. The molecule has 1 amide bonds. The lowest BCUT2D eigenvalue weighted by molar-refractivity contribution is 0.00578. The molecule has 1 saturated heterocycles. The Morgan fingerprint density at radius 3 is 1.90 bits per heavy atom. The Morgan fingerprint density at radius 1 is 0.900 bits per heavy atom. The number of ether oxygens (including phenoxy) is 1. The summed E-state index contributed by atoms with van der Waals surface area (Å²) >= 11 is 0. The molecule has 1 atom stereocenters. The van der Waals surface area contributed by atoms with Gasteiger partial charge in [0.05, 0.1) is 17.2 Å². The molecule has 0 aliphatic carbocycles. The first kappa shape index (κ1) is 22.4. The Hall–Kier alpha value is -2.31. The highest BCUT2D eigenvalue weighted by Crippen LogP contribution is 2.36. The summed E-state index contributed by atoms with van der Waals surface area (Å²) in [5.41, 5.74) is 1.54. The topological polar surface area (TPSA) is 56.8 Å². The molecule has 1 aliphatic heterocycles. The average molecular weight is 409 g/mol. The Kier molecular flexibility index (Phi) is 6.03. The summed E-state index contributed by atoms with van der Waals surface area (Å²) in [5, 5.41) is 3.00. The Bertz CT molecular complexity index is 856. The average Bonchev–Trinajstić information content (AvgIpc) is 2.87. The molecular formula is C24H32BNO4. The maximum atomic E-state index is 12.5. The summed E-state index contributed by atoms with van der Waals surface area (Å²) in [6.07, 6.45) is -0.452. The van der Waals surface area contributed by atoms with Crippen LogP contribution in [0.5, 0.6) is 0 Å². The van der Waals surface area contributed by atoms with Crippen molar-refractivity contribution in [2.45, 2.75) is 71.3 Å². The van der Waals surface area contributed by atoms with Gasteiger partial charge in [-0.15, -0.1) is 0 Å². The van der Waals surface area contributed by atoms with Crippen molar-refractivity contribution in [1.29, 1.82) is 0 Å². The first-order chi connectivity index (χ1) is 13.9. The molecule has 5 nitrogen and oxygen atoms in total. The molecule has 1 aliphatic rings. The van der Waals surface area contributed by atoms with Gasteiger partial charge in [0.2, 0.25) is 0 Å². The zero-order valence-electron chi connectivity index (χ0n) is 19.0. The highest BCUT2D eigenvalue weighted by atomic mass is 16.7. The van der Waals surface area contributed by atoms with Crippen molar-refractivity contribution in [2.24, 2.45) is 0 Å². The lowest BCUT2D eigenvalue weighted by Gasteiger charge is -2.32. The van der Waals surface area contributed by atoms with Gasteiger partial charge in [-0.3, -0.25) is 0 Å². The normalized spacial score (nSPS) is 18.7. The Labute approximate surface area is 180 Å². The molecule has 160 valence electrons. The van der Waals surface area contributed by atoms with Crippen molar-refractivity contribution < 1.29 is 18.8 Å². The van der Waals surface area contributed by atoms with Gasteiger partial charge in [-0.05, 0) is 65.1 Å². The Balaban J connectivity index is 1.83. The van der Waals surface area contributed by atoms with Crippen molar-refractivity contribution in [3.63, 3.8) is 0 Å². The van der Waals surface area contributed by atoms with E-state index in [4.69, 9.17) is 14.0 Å². The first-order valence-electron chi connectivity index (χ1n) is 10.4. The summed E-state index contributed by atoms with van der Waals surface area (Å²) in [5.74, 6) is 0. The summed E-state index contributed by atoms with van der Waals surface area (Å²) in [7, 11) is -0.418. The number of nitrogens with one attached hydrogen (secondary N) is 1. The quantitative estimate of drug-likeness (QED) is 0.750. The zero-order chi connectivity index (χ0) is 22.2. The summed E-state index contributed by atoms with van der Waals surface area (Å²) in [6.45, 7) is 13.7. The van der Waals surface area contributed by atoms with Crippen molar-refractivity contribution in [3.8, 4) is 0 Å². The molecule has 0 bridgehead atoms. The summed E-state index contributed by atoms with van der Waals surface area (Å²) in [6, 6.07) is 17.5. The fourth-order valence-corrected chi connectivity index (χ4v) is 3.25. The lowest BCUT2D eigenvalue weighted by atomic mass is 9.78. The molecule has 2 aromatic rings. The molecule has 0 aromatic heterocycles. The highest BCUT2D eigenvalue weighted by molar-refractivity contribution is 6.62. The van der Waals surface area contributed by atoms with Crippen LogP contribution < -0.4 is 10.8 Å². The smallest absolute Gasteiger partial charge is 0.444 e. The Morgan fingerprint density at radius 2 is 1.40 bits per heavy atom. The van der Waals surface area contributed by atoms with Crippen LogP contribution in [0.3, 0.4) is 0 Å². The second kappa shape index (κ2) is 8.08. The maximum Gasteiger partial charge on any atom is 0.494 e. The van der Waals surface area contributed by atoms with Gasteiger partial charge < -0.3 is 19.4 Å². The molecule has 1 unspecified atom stereocenters. The minimum absolute atomic E-state index is 0.326. The van der Waals surface area contributed by atoms with Crippen LogP contribution in [0.1, 0.15) is 65.6 Å². The minimum Gasteiger partial charge on any atom is -0.444 e. The van der Waals surface area contributed by atoms with E-state index in [0.29, 0.717) is 0 Å². The predicted octanol–water partition coefficient (Wildman–Crippen LogP) is 4.60. The lowest BCUT2D eigenvalue weighted by Crippen LogP contribution is -2.41. The third-order valence-electron chi connectivity index (χ3n) is 5.59. The number of hydrogen-bond acceptors (Lipinski definition) is 4. The molecule has 1 fully saturated rings. The number of rotatable bonds is 4. The van der Waals surface area contributed by atoms with E-state index in [1.165, 1.54) is 0 Å². The van der Waals surface area contributed by atoms with Crippen LogP contribution >= 0.6 is 0 Å². The third kappa shape index (κ3) is 5.05. The number of alkyl carbamates (subject to hydrolysis) is 1. The number of hydrogen-bond donors (Lipinski definition) is 1. The van der Waals surface area contributed by atoms with Gasteiger partial charge in [0.15, 0.2) is 0 Å². The fourth-order valence-electron chi connectivity index (χ4n) is 3.25. The van der Waals surface area contributed by atoms with Crippen LogP contribution in [0, 0.1) is 0 Å². The molecule has 0 saturated carbocycles. The monoisotopic (exact) mass is 409 g/mol. The number of amides is 1. The molecular weight excluding hydrogens is 377 g/mol. The molecule has 0 spiro atoms. The van der Waals surface area contributed by atoms with E-state index in [0.717, 1.165) is 16.6 Å². The van der Waals surface area contributed by atoms with Gasteiger partial charge in [0, 0.05) is 0 Å². The molecule has 3 rings (SSSR count). The zero-order valence-corrected chi connectivity index (χ0v) is 19.0. The van der Waals surface area contributed by atoms with E-state index in [9.17, 15) is 4.79 Å². The molecule has 1 N–H and O–H groups in total.